The van der Waals surface area contributed by atoms with Crippen LogP contribution in [0.3, 0.4) is 0 Å². The Balaban J connectivity index is 2.30. The van der Waals surface area contributed by atoms with Gasteiger partial charge in [0.05, 0.1) is 32.6 Å². The summed E-state index contributed by atoms with van der Waals surface area (Å²) in [6, 6.07) is 0.382. The molecule has 0 aromatic carbocycles. The smallest absolute Gasteiger partial charge is 0.318 e. The Labute approximate surface area is 105 Å². The summed E-state index contributed by atoms with van der Waals surface area (Å²) in [6.45, 7) is 2.42. The van der Waals surface area contributed by atoms with E-state index in [-0.39, 0.29) is 6.04 Å². The van der Waals surface area contributed by atoms with Crippen LogP contribution in [0.5, 0.6) is 6.01 Å². The maximum Gasteiger partial charge on any atom is 0.318 e. The van der Waals surface area contributed by atoms with E-state index in [0.29, 0.717) is 43.2 Å². The van der Waals surface area contributed by atoms with Crippen LogP contribution < -0.4 is 15.4 Å². The molecule has 7 heteroatoms. The van der Waals surface area contributed by atoms with Gasteiger partial charge in [0.25, 0.3) is 0 Å². The standard InChI is InChI=1S/C10H15ClN4O2/c1-16-10-13-5-8(11)9(14-10)15-2-3-17-6-7(15)4-12/h5,7H,2-4,6,12H2,1H3. The van der Waals surface area contributed by atoms with Crippen LogP contribution in [0.15, 0.2) is 6.20 Å². The molecule has 1 fully saturated rings. The number of hydrogen-bond donors (Lipinski definition) is 1. The quantitative estimate of drug-likeness (QED) is 0.841. The van der Waals surface area contributed by atoms with Crippen LogP contribution in [0.25, 0.3) is 0 Å². The first-order valence-electron chi connectivity index (χ1n) is 5.37. The zero-order valence-electron chi connectivity index (χ0n) is 9.60. The van der Waals surface area contributed by atoms with Crippen LogP contribution in [-0.4, -0.2) is 49.4 Å². The maximum absolute atomic E-state index is 6.10. The van der Waals surface area contributed by atoms with Crippen molar-refractivity contribution in [1.82, 2.24) is 9.97 Å². The molecule has 17 heavy (non-hydrogen) atoms. The van der Waals surface area contributed by atoms with E-state index in [4.69, 9.17) is 26.8 Å². The molecule has 1 atom stereocenters. The maximum atomic E-state index is 6.10. The highest BCUT2D eigenvalue weighted by Crippen LogP contribution is 2.26. The van der Waals surface area contributed by atoms with Gasteiger partial charge in [0, 0.05) is 13.1 Å². The summed E-state index contributed by atoms with van der Waals surface area (Å²) in [5.41, 5.74) is 5.71. The van der Waals surface area contributed by atoms with Crippen molar-refractivity contribution in [3.63, 3.8) is 0 Å². The normalized spacial score (nSPS) is 20.4. The molecule has 2 N–H and O–H groups in total. The third kappa shape index (κ3) is 2.59. The molecular weight excluding hydrogens is 244 g/mol. The SMILES string of the molecule is COc1ncc(Cl)c(N2CCOCC2CN)n1. The summed E-state index contributed by atoms with van der Waals surface area (Å²) in [4.78, 5) is 10.2. The molecule has 1 saturated heterocycles. The molecule has 6 nitrogen and oxygen atoms in total. The van der Waals surface area contributed by atoms with Gasteiger partial charge in [0.1, 0.15) is 5.02 Å². The molecule has 1 aliphatic rings. The van der Waals surface area contributed by atoms with Crippen LogP contribution in [-0.2, 0) is 4.74 Å². The number of nitrogens with zero attached hydrogens (tertiary/aromatic N) is 3. The van der Waals surface area contributed by atoms with Crippen molar-refractivity contribution in [3.8, 4) is 6.01 Å². The molecule has 1 aliphatic heterocycles. The fourth-order valence-electron chi connectivity index (χ4n) is 1.77. The average Bonchev–Trinajstić information content (AvgIpc) is 2.39. The van der Waals surface area contributed by atoms with Gasteiger partial charge in [-0.3, -0.25) is 0 Å². The molecule has 0 aliphatic carbocycles. The van der Waals surface area contributed by atoms with E-state index in [1.165, 1.54) is 13.3 Å². The van der Waals surface area contributed by atoms with Crippen LogP contribution in [0.1, 0.15) is 0 Å². The van der Waals surface area contributed by atoms with E-state index in [9.17, 15) is 0 Å². The Kier molecular flexibility index (Phi) is 3.98. The van der Waals surface area contributed by atoms with E-state index < -0.39 is 0 Å². The minimum Gasteiger partial charge on any atom is -0.467 e. The first-order valence-corrected chi connectivity index (χ1v) is 5.75. The molecule has 2 heterocycles. The molecule has 1 aromatic rings. The van der Waals surface area contributed by atoms with E-state index in [2.05, 4.69) is 9.97 Å². The summed E-state index contributed by atoms with van der Waals surface area (Å²) in [6.07, 6.45) is 1.53. The zero-order chi connectivity index (χ0) is 12.3. The molecule has 0 saturated carbocycles. The number of morpholine rings is 1. The van der Waals surface area contributed by atoms with Gasteiger partial charge in [-0.25, -0.2) is 4.98 Å². The van der Waals surface area contributed by atoms with Crippen LogP contribution >= 0.6 is 11.6 Å². The molecule has 0 amide bonds. The lowest BCUT2D eigenvalue weighted by molar-refractivity contribution is 0.0957. The Hall–Kier alpha value is -1.11. The van der Waals surface area contributed by atoms with Gasteiger partial charge in [0.2, 0.25) is 0 Å². The third-order valence-electron chi connectivity index (χ3n) is 2.66. The number of ether oxygens (including phenoxy) is 2. The number of rotatable bonds is 3. The number of methoxy groups -OCH3 is 1. The third-order valence-corrected chi connectivity index (χ3v) is 2.92. The number of halogens is 1. The van der Waals surface area contributed by atoms with Gasteiger partial charge in [-0.05, 0) is 0 Å². The minimum atomic E-state index is 0.0841. The van der Waals surface area contributed by atoms with Gasteiger partial charge in [-0.2, -0.15) is 4.98 Å². The second-order valence-electron chi connectivity index (χ2n) is 3.69. The number of nitrogens with two attached hydrogens (primary N) is 1. The Morgan fingerprint density at radius 3 is 3.24 bits per heavy atom. The molecule has 94 valence electrons. The lowest BCUT2D eigenvalue weighted by Gasteiger charge is -2.36. The Morgan fingerprint density at radius 1 is 1.71 bits per heavy atom. The molecule has 1 aromatic heterocycles. The summed E-state index contributed by atoms with van der Waals surface area (Å²) < 4.78 is 10.4. The highest BCUT2D eigenvalue weighted by Gasteiger charge is 2.25. The Bertz CT molecular complexity index is 391. The fourth-order valence-corrected chi connectivity index (χ4v) is 1.97. The summed E-state index contributed by atoms with van der Waals surface area (Å²) >= 11 is 6.10. The summed E-state index contributed by atoms with van der Waals surface area (Å²) in [5, 5.41) is 0.492. The predicted octanol–water partition coefficient (Wildman–Crippen LogP) is 0.303. The summed E-state index contributed by atoms with van der Waals surface area (Å²) in [5.74, 6) is 0.650. The molecule has 1 unspecified atom stereocenters. The number of anilines is 1. The monoisotopic (exact) mass is 258 g/mol. The van der Waals surface area contributed by atoms with Gasteiger partial charge < -0.3 is 20.1 Å². The van der Waals surface area contributed by atoms with E-state index in [1.54, 1.807) is 0 Å². The first-order chi connectivity index (χ1) is 8.26. The van der Waals surface area contributed by atoms with Crippen molar-refractivity contribution < 1.29 is 9.47 Å². The number of aromatic nitrogens is 2. The number of hydrogen-bond acceptors (Lipinski definition) is 6. The van der Waals surface area contributed by atoms with E-state index >= 15 is 0 Å². The fraction of sp³-hybridized carbons (Fsp3) is 0.600. The largest absolute Gasteiger partial charge is 0.467 e. The van der Waals surface area contributed by atoms with Crippen molar-refractivity contribution in [1.29, 1.82) is 0 Å². The van der Waals surface area contributed by atoms with E-state index in [0.717, 1.165) is 0 Å². The summed E-state index contributed by atoms with van der Waals surface area (Å²) in [7, 11) is 1.52. The highest BCUT2D eigenvalue weighted by molar-refractivity contribution is 6.32. The molecule has 2 rings (SSSR count). The van der Waals surface area contributed by atoms with Crippen molar-refractivity contribution in [3.05, 3.63) is 11.2 Å². The van der Waals surface area contributed by atoms with Gasteiger partial charge in [0.15, 0.2) is 5.82 Å². The first kappa shape index (κ1) is 12.3. The molecule has 0 radical (unpaired) electrons. The average molecular weight is 259 g/mol. The lowest BCUT2D eigenvalue weighted by Crippen LogP contribution is -2.50. The van der Waals surface area contributed by atoms with Crippen LogP contribution in [0.2, 0.25) is 5.02 Å². The van der Waals surface area contributed by atoms with E-state index in [1.807, 2.05) is 4.90 Å². The Morgan fingerprint density at radius 2 is 2.53 bits per heavy atom. The van der Waals surface area contributed by atoms with Crippen molar-refractivity contribution in [2.45, 2.75) is 6.04 Å². The zero-order valence-corrected chi connectivity index (χ0v) is 10.4. The van der Waals surface area contributed by atoms with Crippen molar-refractivity contribution in [2.24, 2.45) is 5.73 Å². The van der Waals surface area contributed by atoms with Crippen molar-refractivity contribution >= 4 is 17.4 Å². The second-order valence-corrected chi connectivity index (χ2v) is 4.09. The topological polar surface area (TPSA) is 73.5 Å². The molecule has 0 bridgehead atoms. The van der Waals surface area contributed by atoms with Gasteiger partial charge >= 0.3 is 6.01 Å². The van der Waals surface area contributed by atoms with Crippen LogP contribution in [0, 0.1) is 0 Å². The molecule has 0 spiro atoms. The predicted molar refractivity (Wildman–Crippen MR) is 64.6 cm³/mol. The van der Waals surface area contributed by atoms with Gasteiger partial charge in [-0.1, -0.05) is 11.6 Å². The molecular formula is C10H15ClN4O2. The van der Waals surface area contributed by atoms with Crippen molar-refractivity contribution in [2.75, 3.05) is 38.3 Å². The van der Waals surface area contributed by atoms with Gasteiger partial charge in [-0.15, -0.1) is 0 Å². The van der Waals surface area contributed by atoms with Crippen LogP contribution in [0.4, 0.5) is 5.82 Å². The minimum absolute atomic E-state index is 0.0841. The highest BCUT2D eigenvalue weighted by atomic mass is 35.5. The lowest BCUT2D eigenvalue weighted by atomic mass is 10.2. The second kappa shape index (κ2) is 5.48.